The van der Waals surface area contributed by atoms with E-state index in [9.17, 15) is 4.39 Å². The van der Waals surface area contributed by atoms with Crippen LogP contribution in [0, 0.1) is 5.82 Å². The summed E-state index contributed by atoms with van der Waals surface area (Å²) in [7, 11) is 0. The Hall–Kier alpha value is -1.74. The quantitative estimate of drug-likeness (QED) is 0.451. The van der Waals surface area contributed by atoms with Crippen LogP contribution in [0.4, 0.5) is 4.39 Å². The van der Waals surface area contributed by atoms with Crippen LogP contribution in [0.25, 0.3) is 0 Å². The van der Waals surface area contributed by atoms with Crippen LogP contribution in [0.15, 0.2) is 36.4 Å². The summed E-state index contributed by atoms with van der Waals surface area (Å²) in [5.41, 5.74) is 1.78. The van der Waals surface area contributed by atoms with Gasteiger partial charge < -0.3 is 9.47 Å². The summed E-state index contributed by atoms with van der Waals surface area (Å²) in [6, 6.07) is 10.8. The maximum Gasteiger partial charge on any atom is 0.138 e. The van der Waals surface area contributed by atoms with Crippen LogP contribution in [0.3, 0.4) is 0 Å². The monoisotopic (exact) mass is 406 g/mol. The van der Waals surface area contributed by atoms with Crippen molar-refractivity contribution in [1.82, 2.24) is 0 Å². The van der Waals surface area contributed by atoms with E-state index >= 15 is 0 Å². The summed E-state index contributed by atoms with van der Waals surface area (Å²) in [5, 5.41) is 0.604. The largest absolute Gasteiger partial charge is 0.491 e. The number of rotatable bonds is 8. The van der Waals surface area contributed by atoms with Gasteiger partial charge in [0.05, 0.1) is 17.2 Å². The van der Waals surface area contributed by atoms with Gasteiger partial charge in [-0.3, -0.25) is 0 Å². The lowest BCUT2D eigenvalue weighted by atomic mass is 9.80. The Morgan fingerprint density at radius 3 is 2.25 bits per heavy atom. The van der Waals surface area contributed by atoms with Gasteiger partial charge in [0.2, 0.25) is 0 Å². The molecule has 2 aromatic rings. The van der Waals surface area contributed by atoms with Crippen LogP contribution in [0.1, 0.15) is 71.9 Å². The van der Waals surface area contributed by atoms with E-state index in [1.165, 1.54) is 11.6 Å². The SMILES string of the molecule is CC(C)Oc1cc(F)cc(C(C)(C)CC(C)Oc2cc(C(C)C)ccc2Cl)c1. The molecule has 0 saturated heterocycles. The second-order valence-corrected chi connectivity index (χ2v) is 9.11. The summed E-state index contributed by atoms with van der Waals surface area (Å²) in [6.45, 7) is 14.3. The molecule has 2 aromatic carbocycles. The minimum absolute atomic E-state index is 0.00426. The van der Waals surface area contributed by atoms with Crippen molar-refractivity contribution in [2.24, 2.45) is 0 Å². The molecule has 0 aliphatic rings. The van der Waals surface area contributed by atoms with Gasteiger partial charge in [-0.25, -0.2) is 4.39 Å². The fourth-order valence-electron chi connectivity index (χ4n) is 3.36. The van der Waals surface area contributed by atoms with E-state index in [1.54, 1.807) is 6.07 Å². The number of benzene rings is 2. The molecule has 2 nitrogen and oxygen atoms in total. The van der Waals surface area contributed by atoms with E-state index in [-0.39, 0.29) is 23.4 Å². The van der Waals surface area contributed by atoms with Crippen molar-refractivity contribution >= 4 is 11.6 Å². The summed E-state index contributed by atoms with van der Waals surface area (Å²) >= 11 is 6.33. The fraction of sp³-hybridized carbons (Fsp3) is 0.500. The van der Waals surface area contributed by atoms with Gasteiger partial charge >= 0.3 is 0 Å². The van der Waals surface area contributed by atoms with E-state index in [1.807, 2.05) is 45.0 Å². The second-order valence-electron chi connectivity index (χ2n) is 8.70. The lowest BCUT2D eigenvalue weighted by Crippen LogP contribution is -2.27. The molecule has 154 valence electrons. The molecule has 4 heteroatoms. The first-order chi connectivity index (χ1) is 13.0. The Morgan fingerprint density at radius 2 is 1.64 bits per heavy atom. The Balaban J connectivity index is 2.18. The van der Waals surface area contributed by atoms with Crippen LogP contribution in [0.5, 0.6) is 11.5 Å². The molecule has 0 aliphatic heterocycles. The molecule has 1 atom stereocenters. The van der Waals surface area contributed by atoms with Gasteiger partial charge in [0.15, 0.2) is 0 Å². The first kappa shape index (κ1) is 22.5. The van der Waals surface area contributed by atoms with Crippen molar-refractivity contribution in [2.75, 3.05) is 0 Å². The van der Waals surface area contributed by atoms with Crippen LogP contribution in [-0.4, -0.2) is 12.2 Å². The number of hydrogen-bond donors (Lipinski definition) is 0. The highest BCUT2D eigenvalue weighted by molar-refractivity contribution is 6.32. The molecule has 0 aromatic heterocycles. The highest BCUT2D eigenvalue weighted by Crippen LogP contribution is 2.35. The van der Waals surface area contributed by atoms with Gasteiger partial charge in [-0.2, -0.15) is 0 Å². The zero-order chi connectivity index (χ0) is 21.1. The zero-order valence-electron chi connectivity index (χ0n) is 18.0. The maximum atomic E-state index is 14.1. The van der Waals surface area contributed by atoms with Crippen LogP contribution in [-0.2, 0) is 5.41 Å². The maximum absolute atomic E-state index is 14.1. The van der Waals surface area contributed by atoms with Crippen LogP contribution < -0.4 is 9.47 Å². The van der Waals surface area contributed by atoms with Gasteiger partial charge in [-0.05, 0) is 73.9 Å². The topological polar surface area (TPSA) is 18.5 Å². The average molecular weight is 407 g/mol. The van der Waals surface area contributed by atoms with Crippen molar-refractivity contribution in [3.05, 3.63) is 58.4 Å². The van der Waals surface area contributed by atoms with E-state index in [2.05, 4.69) is 27.7 Å². The highest BCUT2D eigenvalue weighted by atomic mass is 35.5. The Bertz CT molecular complexity index is 799. The number of halogens is 2. The molecule has 28 heavy (non-hydrogen) atoms. The summed E-state index contributed by atoms with van der Waals surface area (Å²) in [4.78, 5) is 0. The van der Waals surface area contributed by atoms with E-state index in [4.69, 9.17) is 21.1 Å². The van der Waals surface area contributed by atoms with E-state index < -0.39 is 0 Å². The second kappa shape index (κ2) is 9.17. The molecule has 1 unspecified atom stereocenters. The van der Waals surface area contributed by atoms with Crippen molar-refractivity contribution in [3.63, 3.8) is 0 Å². The Kier molecular flexibility index (Phi) is 7.39. The summed E-state index contributed by atoms with van der Waals surface area (Å²) in [6.07, 6.45) is 0.614. The standard InChI is InChI=1S/C24H32ClFO2/c1-15(2)18-8-9-22(25)23(10-18)28-17(5)14-24(6,7)19-11-20(26)13-21(12-19)27-16(3)4/h8-13,15-17H,14H2,1-7H3. The fourth-order valence-corrected chi connectivity index (χ4v) is 3.52. The van der Waals surface area contributed by atoms with Crippen molar-refractivity contribution in [2.45, 2.75) is 78.4 Å². The molecule has 0 spiro atoms. The third-order valence-electron chi connectivity index (χ3n) is 4.77. The first-order valence-corrected chi connectivity index (χ1v) is 10.3. The van der Waals surface area contributed by atoms with Gasteiger partial charge in [0.25, 0.3) is 0 Å². The smallest absolute Gasteiger partial charge is 0.138 e. The van der Waals surface area contributed by atoms with Crippen LogP contribution >= 0.6 is 11.6 Å². The van der Waals surface area contributed by atoms with Crippen molar-refractivity contribution in [1.29, 1.82) is 0 Å². The minimum atomic E-state index is -0.293. The molecule has 0 amide bonds. The molecule has 2 rings (SSSR count). The van der Waals surface area contributed by atoms with Gasteiger partial charge in [-0.1, -0.05) is 45.4 Å². The van der Waals surface area contributed by atoms with Crippen LogP contribution in [0.2, 0.25) is 5.02 Å². The highest BCUT2D eigenvalue weighted by Gasteiger charge is 2.26. The summed E-state index contributed by atoms with van der Waals surface area (Å²) in [5.74, 6) is 1.36. The molecule has 0 radical (unpaired) electrons. The molecule has 0 bridgehead atoms. The molecule has 0 aliphatic carbocycles. The molecular formula is C24H32ClFO2. The van der Waals surface area contributed by atoms with Gasteiger partial charge in [0, 0.05) is 6.07 Å². The number of ether oxygens (including phenoxy) is 2. The minimum Gasteiger partial charge on any atom is -0.491 e. The predicted octanol–water partition coefficient (Wildman–Crippen LogP) is 7.52. The first-order valence-electron chi connectivity index (χ1n) is 9.91. The molecule has 0 heterocycles. The normalized spacial score (nSPS) is 13.1. The lowest BCUT2D eigenvalue weighted by Gasteiger charge is -2.30. The third kappa shape index (κ3) is 6.13. The molecule has 0 N–H and O–H groups in total. The van der Waals surface area contributed by atoms with Crippen molar-refractivity contribution < 1.29 is 13.9 Å². The van der Waals surface area contributed by atoms with Crippen molar-refractivity contribution in [3.8, 4) is 11.5 Å². The van der Waals surface area contributed by atoms with E-state index in [0.29, 0.717) is 28.9 Å². The average Bonchev–Trinajstić information content (AvgIpc) is 2.55. The molecule has 0 saturated carbocycles. The third-order valence-corrected chi connectivity index (χ3v) is 5.08. The lowest BCUT2D eigenvalue weighted by molar-refractivity contribution is 0.180. The van der Waals surface area contributed by atoms with Gasteiger partial charge in [0.1, 0.15) is 17.3 Å². The zero-order valence-corrected chi connectivity index (χ0v) is 18.7. The molecule has 0 fully saturated rings. The van der Waals surface area contributed by atoms with E-state index in [0.717, 1.165) is 5.56 Å². The Labute approximate surface area is 174 Å². The summed E-state index contributed by atoms with van der Waals surface area (Å²) < 4.78 is 26.0. The number of hydrogen-bond acceptors (Lipinski definition) is 2. The predicted molar refractivity (Wildman–Crippen MR) is 115 cm³/mol. The Morgan fingerprint density at radius 1 is 0.964 bits per heavy atom. The van der Waals surface area contributed by atoms with Gasteiger partial charge in [-0.15, -0.1) is 0 Å². The molecular weight excluding hydrogens is 375 g/mol.